The molecule has 0 aliphatic carbocycles. The number of anilines is 6. The van der Waals surface area contributed by atoms with Crippen LogP contribution in [0, 0.1) is 11.3 Å². The van der Waals surface area contributed by atoms with E-state index in [0.717, 1.165) is 83.9 Å². The number of nitrogens with zero attached hydrogens (tertiary/aromatic N) is 5. The van der Waals surface area contributed by atoms with E-state index in [0.29, 0.717) is 5.56 Å². The summed E-state index contributed by atoms with van der Waals surface area (Å²) >= 11 is 0. The summed E-state index contributed by atoms with van der Waals surface area (Å²) in [6.07, 6.45) is 3.62. The fourth-order valence-corrected chi connectivity index (χ4v) is 8.14. The van der Waals surface area contributed by atoms with Gasteiger partial charge in [0.2, 0.25) is 0 Å². The monoisotopic (exact) mass is 755 g/mol. The van der Waals surface area contributed by atoms with Crippen molar-refractivity contribution in [3.63, 3.8) is 0 Å². The normalized spacial score (nSPS) is 11.0. The molecule has 0 saturated heterocycles. The summed E-state index contributed by atoms with van der Waals surface area (Å²) in [6, 6.07) is 76.6. The molecular weight excluding hydrogens is 719 g/mol. The van der Waals surface area contributed by atoms with Gasteiger partial charge in [0.05, 0.1) is 22.7 Å². The molecule has 0 spiro atoms. The molecule has 0 unspecified atom stereocenters. The van der Waals surface area contributed by atoms with Crippen molar-refractivity contribution in [2.24, 2.45) is 0 Å². The molecule has 0 amide bonds. The van der Waals surface area contributed by atoms with Crippen LogP contribution in [0.25, 0.3) is 49.7 Å². The highest BCUT2D eigenvalue weighted by atomic mass is 15.1. The van der Waals surface area contributed by atoms with Crippen LogP contribution in [0.5, 0.6) is 0 Å². The van der Waals surface area contributed by atoms with Crippen molar-refractivity contribution in [3.8, 4) is 34.0 Å². The molecule has 0 radical (unpaired) electrons. The van der Waals surface area contributed by atoms with Gasteiger partial charge >= 0.3 is 0 Å². The van der Waals surface area contributed by atoms with Gasteiger partial charge in [-0.05, 0) is 126 Å². The molecule has 278 valence electrons. The summed E-state index contributed by atoms with van der Waals surface area (Å²) in [4.78, 5) is 8.94. The summed E-state index contributed by atoms with van der Waals surface area (Å²) < 4.78 is 2.35. The SMILES string of the molecule is N#Cc1ccc(-c2cccnc2)cc1-c1ccc(-n2c3ccc(N(c4ccccc4)c4ccccc4)cc3c3cc(N(c4ccccc4)c4ccccc4)ccc32)cc1. The van der Waals surface area contributed by atoms with Gasteiger partial charge in [0, 0.05) is 74.1 Å². The summed E-state index contributed by atoms with van der Waals surface area (Å²) in [5, 5.41) is 12.4. The quantitative estimate of drug-likeness (QED) is 0.147. The van der Waals surface area contributed by atoms with Crippen LogP contribution in [-0.2, 0) is 0 Å². The van der Waals surface area contributed by atoms with Crippen molar-refractivity contribution in [1.29, 1.82) is 5.26 Å². The Kier molecular flexibility index (Phi) is 9.19. The minimum atomic E-state index is 0.630. The standard InChI is InChI=1S/C54H37N5/c55-37-41-24-23-40(42-14-13-33-56-38-42)34-50(41)39-25-27-47(28-26-39)59-53-31-29-48(57(43-15-5-1-6-16-43)44-17-7-2-8-18-44)35-51(53)52-36-49(30-32-54(52)59)58(45-19-9-3-10-20-45)46-21-11-4-12-22-46/h1-36,38H. The van der Waals surface area contributed by atoms with Crippen molar-refractivity contribution in [2.75, 3.05) is 9.80 Å². The predicted molar refractivity (Wildman–Crippen MR) is 244 cm³/mol. The zero-order chi connectivity index (χ0) is 39.5. The molecule has 59 heavy (non-hydrogen) atoms. The van der Waals surface area contributed by atoms with E-state index in [4.69, 9.17) is 0 Å². The van der Waals surface area contributed by atoms with Crippen molar-refractivity contribution in [2.45, 2.75) is 0 Å². The Hall–Kier alpha value is -8.20. The second-order valence-electron chi connectivity index (χ2n) is 14.4. The Morgan fingerprint density at radius 1 is 0.407 bits per heavy atom. The highest BCUT2D eigenvalue weighted by Gasteiger charge is 2.20. The highest BCUT2D eigenvalue weighted by Crippen LogP contribution is 2.43. The molecule has 0 aliphatic heterocycles. The summed E-state index contributed by atoms with van der Waals surface area (Å²) in [5.41, 5.74) is 14.2. The fourth-order valence-electron chi connectivity index (χ4n) is 8.14. The molecule has 2 aromatic heterocycles. The number of aromatic nitrogens is 2. The van der Waals surface area contributed by atoms with Crippen LogP contribution in [0.1, 0.15) is 5.56 Å². The first-order chi connectivity index (χ1) is 29.2. The topological polar surface area (TPSA) is 48.1 Å². The van der Waals surface area contributed by atoms with E-state index in [1.165, 1.54) is 0 Å². The molecule has 0 saturated carbocycles. The number of benzene rings is 8. The number of para-hydroxylation sites is 4. The van der Waals surface area contributed by atoms with E-state index in [9.17, 15) is 5.26 Å². The van der Waals surface area contributed by atoms with E-state index in [1.807, 2.05) is 30.5 Å². The predicted octanol–water partition coefficient (Wildman–Crippen LogP) is 14.3. The van der Waals surface area contributed by atoms with Crippen molar-refractivity contribution >= 4 is 55.9 Å². The third-order valence-electron chi connectivity index (χ3n) is 10.9. The maximum absolute atomic E-state index is 10.1. The number of hydrogen-bond acceptors (Lipinski definition) is 4. The Labute approximate surface area is 343 Å². The molecule has 2 heterocycles. The molecule has 5 heteroatoms. The van der Waals surface area contributed by atoms with E-state index >= 15 is 0 Å². The van der Waals surface area contributed by atoms with Gasteiger partial charge in [-0.1, -0.05) is 97.1 Å². The molecule has 0 fully saturated rings. The molecular formula is C54H37N5. The zero-order valence-corrected chi connectivity index (χ0v) is 32.1. The molecule has 10 aromatic rings. The lowest BCUT2D eigenvalue weighted by Gasteiger charge is -2.26. The zero-order valence-electron chi connectivity index (χ0n) is 32.1. The number of pyridine rings is 1. The van der Waals surface area contributed by atoms with Gasteiger partial charge in [-0.15, -0.1) is 0 Å². The van der Waals surface area contributed by atoms with Crippen LogP contribution in [-0.4, -0.2) is 9.55 Å². The maximum atomic E-state index is 10.1. The number of nitriles is 1. The van der Waals surface area contributed by atoms with E-state index in [1.54, 1.807) is 6.20 Å². The lowest BCUT2D eigenvalue weighted by molar-refractivity contribution is 1.18. The van der Waals surface area contributed by atoms with E-state index in [-0.39, 0.29) is 0 Å². The maximum Gasteiger partial charge on any atom is 0.0998 e. The van der Waals surface area contributed by atoms with Crippen LogP contribution < -0.4 is 9.80 Å². The Bertz CT molecular complexity index is 2860. The molecule has 0 atom stereocenters. The van der Waals surface area contributed by atoms with E-state index in [2.05, 4.69) is 213 Å². The second-order valence-corrected chi connectivity index (χ2v) is 14.4. The Morgan fingerprint density at radius 2 is 0.881 bits per heavy atom. The summed E-state index contributed by atoms with van der Waals surface area (Å²) in [7, 11) is 0. The van der Waals surface area contributed by atoms with Gasteiger partial charge in [-0.25, -0.2) is 0 Å². The van der Waals surface area contributed by atoms with Crippen LogP contribution in [0.2, 0.25) is 0 Å². The molecule has 5 nitrogen and oxygen atoms in total. The molecule has 0 bridgehead atoms. The lowest BCUT2D eigenvalue weighted by Crippen LogP contribution is -2.09. The van der Waals surface area contributed by atoms with Gasteiger partial charge in [-0.3, -0.25) is 4.98 Å². The minimum absolute atomic E-state index is 0.630. The Morgan fingerprint density at radius 3 is 1.32 bits per heavy atom. The second kappa shape index (κ2) is 15.4. The molecule has 10 rings (SSSR count). The van der Waals surface area contributed by atoms with Gasteiger partial charge in [0.1, 0.15) is 0 Å². The third-order valence-corrected chi connectivity index (χ3v) is 10.9. The van der Waals surface area contributed by atoms with Gasteiger partial charge in [0.15, 0.2) is 0 Å². The smallest absolute Gasteiger partial charge is 0.0998 e. The van der Waals surface area contributed by atoms with Crippen LogP contribution in [0.4, 0.5) is 34.1 Å². The average Bonchev–Trinajstić information content (AvgIpc) is 3.64. The van der Waals surface area contributed by atoms with Crippen LogP contribution in [0.3, 0.4) is 0 Å². The summed E-state index contributed by atoms with van der Waals surface area (Å²) in [6.45, 7) is 0. The number of hydrogen-bond donors (Lipinski definition) is 0. The van der Waals surface area contributed by atoms with E-state index < -0.39 is 0 Å². The first kappa shape index (κ1) is 35.2. The highest BCUT2D eigenvalue weighted by molar-refractivity contribution is 6.12. The lowest BCUT2D eigenvalue weighted by atomic mass is 9.95. The first-order valence-corrected chi connectivity index (χ1v) is 19.7. The minimum Gasteiger partial charge on any atom is -0.310 e. The first-order valence-electron chi connectivity index (χ1n) is 19.7. The van der Waals surface area contributed by atoms with Gasteiger partial charge in [-0.2, -0.15) is 5.26 Å². The van der Waals surface area contributed by atoms with Crippen molar-refractivity contribution in [1.82, 2.24) is 9.55 Å². The number of fused-ring (bicyclic) bond motifs is 3. The number of rotatable bonds is 9. The van der Waals surface area contributed by atoms with Crippen LogP contribution >= 0.6 is 0 Å². The molecule has 0 aliphatic rings. The Balaban J connectivity index is 1.16. The van der Waals surface area contributed by atoms with Crippen molar-refractivity contribution < 1.29 is 0 Å². The van der Waals surface area contributed by atoms with Gasteiger partial charge < -0.3 is 14.4 Å². The summed E-state index contributed by atoms with van der Waals surface area (Å²) in [5.74, 6) is 0. The van der Waals surface area contributed by atoms with Gasteiger partial charge in [0.25, 0.3) is 0 Å². The largest absolute Gasteiger partial charge is 0.310 e. The molecule has 0 N–H and O–H groups in total. The third kappa shape index (κ3) is 6.65. The average molecular weight is 756 g/mol. The fraction of sp³-hybridized carbons (Fsp3) is 0. The van der Waals surface area contributed by atoms with Crippen molar-refractivity contribution in [3.05, 3.63) is 230 Å². The molecule has 8 aromatic carbocycles. The van der Waals surface area contributed by atoms with Crippen LogP contribution in [0.15, 0.2) is 225 Å².